The van der Waals surface area contributed by atoms with Crippen LogP contribution < -0.4 is 0 Å². The van der Waals surface area contributed by atoms with Crippen molar-refractivity contribution in [2.75, 3.05) is 0 Å². The molecule has 0 bridgehead atoms. The number of ketones is 1. The number of carbonyl (C=O) groups is 1. The number of hydrogen-bond donors (Lipinski definition) is 0. The fourth-order valence-corrected chi connectivity index (χ4v) is 4.76. The van der Waals surface area contributed by atoms with Crippen LogP contribution in [0.4, 0.5) is 0 Å². The summed E-state index contributed by atoms with van der Waals surface area (Å²) < 4.78 is 0. The van der Waals surface area contributed by atoms with E-state index in [2.05, 4.69) is 85.2 Å². The van der Waals surface area contributed by atoms with E-state index in [1.807, 2.05) is 46.9 Å². The summed E-state index contributed by atoms with van der Waals surface area (Å²) in [4.78, 5) is 18.0. The molecule has 2 nitrogen and oxygen atoms in total. The Morgan fingerprint density at radius 1 is 0.974 bits per heavy atom. The monoisotopic (exact) mass is 557 g/mol. The van der Waals surface area contributed by atoms with Gasteiger partial charge >= 0.3 is 0 Å². The van der Waals surface area contributed by atoms with E-state index in [9.17, 15) is 4.79 Å². The molecule has 0 saturated heterocycles. The molecule has 1 rings (SSSR count). The van der Waals surface area contributed by atoms with E-state index in [0.717, 1.165) is 47.6 Å². The number of allylic oxidation sites excluding steroid dienone is 9. The molecule has 0 saturated carbocycles. The van der Waals surface area contributed by atoms with E-state index >= 15 is 0 Å². The summed E-state index contributed by atoms with van der Waals surface area (Å²) in [7, 11) is 0. The summed E-state index contributed by atoms with van der Waals surface area (Å²) >= 11 is 1.54. The Balaban J connectivity index is -0.000000627. The van der Waals surface area contributed by atoms with Crippen molar-refractivity contribution in [3.63, 3.8) is 0 Å². The molecule has 0 N–H and O–H groups in total. The third-order valence-electron chi connectivity index (χ3n) is 6.06. The average molecular weight is 558 g/mol. The lowest BCUT2D eigenvalue weighted by Crippen LogP contribution is -2.10. The Hall–Kier alpha value is -1.87. The molecule has 1 atom stereocenters. The molecule has 0 amide bonds. The highest BCUT2D eigenvalue weighted by molar-refractivity contribution is 8.19. The molecular weight excluding hydrogens is 494 g/mol. The van der Waals surface area contributed by atoms with Crippen LogP contribution in [0.5, 0.6) is 0 Å². The van der Waals surface area contributed by atoms with Crippen molar-refractivity contribution in [3.8, 4) is 0 Å². The Labute approximate surface area is 249 Å². The van der Waals surface area contributed by atoms with E-state index in [-0.39, 0.29) is 11.7 Å². The van der Waals surface area contributed by atoms with Gasteiger partial charge in [0.25, 0.3) is 0 Å². The quantitative estimate of drug-likeness (QED) is 0.211. The summed E-state index contributed by atoms with van der Waals surface area (Å²) in [5.41, 5.74) is 6.24. The number of rotatable bonds is 13. The topological polar surface area (TPSA) is 29.4 Å². The second-order valence-corrected chi connectivity index (χ2v) is 10.1. The van der Waals surface area contributed by atoms with Gasteiger partial charge in [0.2, 0.25) is 0 Å². The highest BCUT2D eigenvalue weighted by Crippen LogP contribution is 2.41. The molecule has 0 radical (unpaired) electrons. The number of aliphatic imine (C=N–C) groups is 1. The maximum Gasteiger partial charge on any atom is 0.172 e. The van der Waals surface area contributed by atoms with Gasteiger partial charge in [0.05, 0.1) is 4.91 Å². The van der Waals surface area contributed by atoms with E-state index in [0.29, 0.717) is 0 Å². The van der Waals surface area contributed by atoms with Gasteiger partial charge in [0.15, 0.2) is 5.78 Å². The molecule has 1 unspecified atom stereocenters. The second-order valence-electron chi connectivity index (χ2n) is 9.14. The molecule has 0 aromatic heterocycles. The fourth-order valence-electron chi connectivity index (χ4n) is 3.46. The van der Waals surface area contributed by atoms with Crippen LogP contribution in [0.2, 0.25) is 0 Å². The van der Waals surface area contributed by atoms with Gasteiger partial charge in [0, 0.05) is 17.7 Å². The Morgan fingerprint density at radius 3 is 2.05 bits per heavy atom. The number of carbonyl (C=O) groups excluding carboxylic acids is 1. The minimum atomic E-state index is 0.0798. The van der Waals surface area contributed by atoms with E-state index < -0.39 is 0 Å². The molecule has 39 heavy (non-hydrogen) atoms. The van der Waals surface area contributed by atoms with Crippen LogP contribution in [0.1, 0.15) is 141 Å². The number of unbranched alkanes of at least 4 members (excludes halogenated alkanes) is 1. The Morgan fingerprint density at radius 2 is 1.59 bits per heavy atom. The predicted octanol–water partition coefficient (Wildman–Crippen LogP) is 12.8. The van der Waals surface area contributed by atoms with Crippen LogP contribution in [0.25, 0.3) is 0 Å². The third-order valence-corrected chi connectivity index (χ3v) is 7.27. The molecule has 0 aromatic rings. The lowest BCUT2D eigenvalue weighted by Gasteiger charge is -2.08. The number of Topliss-reactive ketones (excluding diaryl/α,β-unsaturated/α-hetero) is 1. The molecule has 1 heterocycles. The zero-order chi connectivity index (χ0) is 30.8. The summed E-state index contributed by atoms with van der Waals surface area (Å²) in [6.07, 6.45) is 19.3. The first-order valence-corrected chi connectivity index (χ1v) is 16.4. The van der Waals surface area contributed by atoms with Crippen LogP contribution in [0, 0.1) is 5.92 Å². The Kier molecular flexibility index (Phi) is 29.5. The molecule has 224 valence electrons. The van der Waals surface area contributed by atoms with Crippen molar-refractivity contribution >= 4 is 22.6 Å². The zero-order valence-electron chi connectivity index (χ0n) is 28.1. The molecule has 3 heteroatoms. The molecule has 0 fully saturated rings. The maximum absolute atomic E-state index is 12.5. The van der Waals surface area contributed by atoms with Crippen molar-refractivity contribution in [1.29, 1.82) is 0 Å². The molecule has 0 spiro atoms. The number of nitrogens with zero attached hydrogens (tertiary/aromatic N) is 1. The van der Waals surface area contributed by atoms with E-state index in [1.54, 1.807) is 11.8 Å². The van der Waals surface area contributed by atoms with Crippen LogP contribution in [-0.2, 0) is 4.79 Å². The van der Waals surface area contributed by atoms with Crippen molar-refractivity contribution in [3.05, 3.63) is 69.9 Å². The third kappa shape index (κ3) is 17.4. The first-order chi connectivity index (χ1) is 18.7. The first-order valence-electron chi connectivity index (χ1n) is 15.6. The fraction of sp³-hybridized carbons (Fsp3) is 0.611. The van der Waals surface area contributed by atoms with Gasteiger partial charge in [-0.3, -0.25) is 4.79 Å². The maximum atomic E-state index is 12.5. The largest absolute Gasteiger partial charge is 0.293 e. The predicted molar refractivity (Wildman–Crippen MR) is 184 cm³/mol. The standard InChI is InChI=1S/C18H27NOS.C14H24.2C2H6/c1-7-10-11-19-18-15(12(4)8-2)14(6)17(21-18)16(20)13(5)9-3;1-5-8-9-11-14(7-3)12-13(4)10-6-2;2*1-2/h10-11,13H,7-9H2,1-6H3;9,11-12H,4-8,10H2,1-3H3;2*1-2H3/b11-10+,15-12+,19-18-;11-9-,14-12-;;. The summed E-state index contributed by atoms with van der Waals surface area (Å²) in [5, 5.41) is 0.975. The number of thioether (sulfide) groups is 1. The van der Waals surface area contributed by atoms with Crippen molar-refractivity contribution in [2.24, 2.45) is 10.9 Å². The van der Waals surface area contributed by atoms with Gasteiger partial charge in [-0.25, -0.2) is 4.99 Å². The van der Waals surface area contributed by atoms with Gasteiger partial charge in [-0.05, 0) is 63.5 Å². The van der Waals surface area contributed by atoms with Gasteiger partial charge in [0.1, 0.15) is 5.04 Å². The van der Waals surface area contributed by atoms with Gasteiger partial charge < -0.3 is 0 Å². The highest BCUT2D eigenvalue weighted by Gasteiger charge is 2.30. The lowest BCUT2D eigenvalue weighted by molar-refractivity contribution is -0.118. The van der Waals surface area contributed by atoms with Crippen molar-refractivity contribution in [1.82, 2.24) is 0 Å². The smallest absolute Gasteiger partial charge is 0.172 e. The second kappa shape index (κ2) is 27.7. The van der Waals surface area contributed by atoms with E-state index in [4.69, 9.17) is 0 Å². The molecule has 0 aliphatic carbocycles. The molecule has 1 aliphatic rings. The van der Waals surface area contributed by atoms with Gasteiger partial charge in [-0.2, -0.15) is 0 Å². The molecule has 0 aromatic carbocycles. The van der Waals surface area contributed by atoms with E-state index in [1.165, 1.54) is 41.6 Å². The van der Waals surface area contributed by atoms with Crippen LogP contribution in [0.15, 0.2) is 74.8 Å². The Bertz CT molecular complexity index is 864. The van der Waals surface area contributed by atoms with Crippen LogP contribution >= 0.6 is 11.8 Å². The molecule has 1 aliphatic heterocycles. The first kappa shape index (κ1) is 41.6. The van der Waals surface area contributed by atoms with Crippen LogP contribution in [-0.4, -0.2) is 10.8 Å². The molecular formula is C36H63NOS. The lowest BCUT2D eigenvalue weighted by atomic mass is 9.96. The minimum Gasteiger partial charge on any atom is -0.293 e. The SMILES string of the molecule is C=C(/C=C(\C=C/CCC)CC)CCC.CC.CC.CC/C=C/N=C1\SC(C(=O)C(C)CC)=C(C)\C1=C(\C)CC. The van der Waals surface area contributed by atoms with Gasteiger partial charge in [-0.15, -0.1) is 0 Å². The summed E-state index contributed by atoms with van der Waals surface area (Å²) in [6, 6.07) is 0. The summed E-state index contributed by atoms with van der Waals surface area (Å²) in [5.74, 6) is 0.335. The van der Waals surface area contributed by atoms with Crippen LogP contribution in [0.3, 0.4) is 0 Å². The van der Waals surface area contributed by atoms with Crippen molar-refractivity contribution < 1.29 is 4.79 Å². The van der Waals surface area contributed by atoms with Crippen molar-refractivity contribution in [2.45, 2.75) is 141 Å². The minimum absolute atomic E-state index is 0.0798. The average Bonchev–Trinajstić information content (AvgIpc) is 3.29. The normalized spacial score (nSPS) is 16.3. The van der Waals surface area contributed by atoms with Gasteiger partial charge in [-0.1, -0.05) is 143 Å². The number of hydrogen-bond acceptors (Lipinski definition) is 3. The zero-order valence-corrected chi connectivity index (χ0v) is 28.9. The highest BCUT2D eigenvalue weighted by atomic mass is 32.2. The summed E-state index contributed by atoms with van der Waals surface area (Å²) in [6.45, 7) is 31.1.